The molecular formula is C20H23F3N4O3. The first-order valence-electron chi connectivity index (χ1n) is 9.55. The molecule has 30 heavy (non-hydrogen) atoms. The van der Waals surface area contributed by atoms with Crippen molar-refractivity contribution < 1.29 is 18.0 Å². The van der Waals surface area contributed by atoms with Crippen LogP contribution in [0.3, 0.4) is 0 Å². The van der Waals surface area contributed by atoms with Gasteiger partial charge in [-0.15, -0.1) is 0 Å². The molecule has 10 heteroatoms. The molecule has 1 fully saturated rings. The van der Waals surface area contributed by atoms with Crippen LogP contribution in [-0.4, -0.2) is 45.6 Å². The summed E-state index contributed by atoms with van der Waals surface area (Å²) in [7, 11) is 1.24. The highest BCUT2D eigenvalue weighted by atomic mass is 19.4. The molecule has 0 bridgehead atoms. The van der Waals surface area contributed by atoms with E-state index in [1.807, 2.05) is 0 Å². The Labute approximate surface area is 170 Å². The van der Waals surface area contributed by atoms with E-state index in [9.17, 15) is 27.6 Å². The average Bonchev–Trinajstić information content (AvgIpc) is 2.70. The van der Waals surface area contributed by atoms with Crippen molar-refractivity contribution in [2.24, 2.45) is 13.0 Å². The summed E-state index contributed by atoms with van der Waals surface area (Å²) in [5, 5.41) is 0. The Kier molecular flexibility index (Phi) is 6.16. The number of ketones is 1. The van der Waals surface area contributed by atoms with Crippen LogP contribution in [0.1, 0.15) is 28.8 Å². The zero-order chi connectivity index (χ0) is 22.1. The van der Waals surface area contributed by atoms with Crippen LogP contribution in [0.4, 0.5) is 19.0 Å². The SMILES string of the molecule is Cn1c(=O)c(C(=O)CN2CCCC(C(F)(F)F)C2)c(N)n(Cc2ccccc2)c1=O. The van der Waals surface area contributed by atoms with Gasteiger partial charge in [-0.1, -0.05) is 30.3 Å². The maximum absolute atomic E-state index is 13.0. The Morgan fingerprint density at radius 1 is 1.20 bits per heavy atom. The van der Waals surface area contributed by atoms with Crippen LogP contribution in [0.5, 0.6) is 0 Å². The number of nitrogens with zero attached hydrogens (tertiary/aromatic N) is 3. The highest BCUT2D eigenvalue weighted by molar-refractivity contribution is 6.01. The molecule has 1 aromatic heterocycles. The molecule has 3 rings (SSSR count). The summed E-state index contributed by atoms with van der Waals surface area (Å²) in [5.74, 6) is -2.48. The number of benzene rings is 1. The summed E-state index contributed by atoms with van der Waals surface area (Å²) in [6.45, 7) is -0.295. The molecule has 1 unspecified atom stereocenters. The minimum absolute atomic E-state index is 0.0139. The number of halogens is 3. The van der Waals surface area contributed by atoms with Gasteiger partial charge in [-0.25, -0.2) is 4.79 Å². The van der Waals surface area contributed by atoms with Crippen molar-refractivity contribution in [3.8, 4) is 0 Å². The number of nitrogens with two attached hydrogens (primary N) is 1. The predicted molar refractivity (Wildman–Crippen MR) is 105 cm³/mol. The molecule has 2 aromatic rings. The van der Waals surface area contributed by atoms with Gasteiger partial charge < -0.3 is 5.73 Å². The molecule has 1 aliphatic rings. The Hall–Kier alpha value is -2.88. The molecule has 1 aliphatic heterocycles. The van der Waals surface area contributed by atoms with Crippen molar-refractivity contribution in [3.05, 3.63) is 62.3 Å². The number of hydrogen-bond donors (Lipinski definition) is 1. The van der Waals surface area contributed by atoms with Gasteiger partial charge in [0.05, 0.1) is 19.0 Å². The topological polar surface area (TPSA) is 90.3 Å². The summed E-state index contributed by atoms with van der Waals surface area (Å²) in [5.41, 5.74) is 4.88. The van der Waals surface area contributed by atoms with E-state index >= 15 is 0 Å². The fourth-order valence-corrected chi connectivity index (χ4v) is 3.71. The first kappa shape index (κ1) is 21.8. The molecule has 7 nitrogen and oxygen atoms in total. The molecule has 0 aliphatic carbocycles. The van der Waals surface area contributed by atoms with Crippen molar-refractivity contribution in [3.63, 3.8) is 0 Å². The summed E-state index contributed by atoms with van der Waals surface area (Å²) in [6.07, 6.45) is -4.02. The molecule has 1 atom stereocenters. The van der Waals surface area contributed by atoms with Gasteiger partial charge in [-0.3, -0.25) is 23.6 Å². The molecular weight excluding hydrogens is 401 g/mol. The molecule has 0 spiro atoms. The van der Waals surface area contributed by atoms with E-state index in [0.29, 0.717) is 13.0 Å². The van der Waals surface area contributed by atoms with Gasteiger partial charge in [-0.2, -0.15) is 13.2 Å². The largest absolute Gasteiger partial charge is 0.393 e. The molecule has 162 valence electrons. The van der Waals surface area contributed by atoms with E-state index in [1.165, 1.54) is 11.9 Å². The van der Waals surface area contributed by atoms with E-state index in [4.69, 9.17) is 5.73 Å². The van der Waals surface area contributed by atoms with Crippen LogP contribution in [0, 0.1) is 5.92 Å². The molecule has 2 N–H and O–H groups in total. The Balaban J connectivity index is 1.90. The van der Waals surface area contributed by atoms with Crippen LogP contribution < -0.4 is 17.0 Å². The van der Waals surface area contributed by atoms with E-state index < -0.39 is 29.1 Å². The third kappa shape index (κ3) is 4.48. The Morgan fingerprint density at radius 2 is 1.87 bits per heavy atom. The van der Waals surface area contributed by atoms with Crippen molar-refractivity contribution >= 4 is 11.6 Å². The van der Waals surface area contributed by atoms with Crippen molar-refractivity contribution in [2.45, 2.75) is 25.6 Å². The lowest BCUT2D eigenvalue weighted by Crippen LogP contribution is -2.46. The summed E-state index contributed by atoms with van der Waals surface area (Å²) < 4.78 is 41.0. The van der Waals surface area contributed by atoms with E-state index in [1.54, 1.807) is 30.3 Å². The van der Waals surface area contributed by atoms with Crippen molar-refractivity contribution in [2.75, 3.05) is 25.4 Å². The number of anilines is 1. The lowest BCUT2D eigenvalue weighted by Gasteiger charge is -2.33. The van der Waals surface area contributed by atoms with Gasteiger partial charge in [0.2, 0.25) is 0 Å². The number of aromatic nitrogens is 2. The molecule has 1 saturated heterocycles. The smallest absolute Gasteiger partial charge is 0.384 e. The number of carbonyl (C=O) groups excluding carboxylic acids is 1. The fourth-order valence-electron chi connectivity index (χ4n) is 3.71. The minimum Gasteiger partial charge on any atom is -0.384 e. The third-order valence-corrected chi connectivity index (χ3v) is 5.38. The van der Waals surface area contributed by atoms with Crippen LogP contribution in [0.25, 0.3) is 0 Å². The number of Topliss-reactive ketones (excluding diaryl/α,β-unsaturated/α-hetero) is 1. The van der Waals surface area contributed by atoms with Crippen LogP contribution in [0.15, 0.2) is 39.9 Å². The van der Waals surface area contributed by atoms with Gasteiger partial charge in [-0.05, 0) is 24.9 Å². The number of rotatable bonds is 5. The van der Waals surface area contributed by atoms with E-state index in [2.05, 4.69) is 0 Å². The Morgan fingerprint density at radius 3 is 2.50 bits per heavy atom. The van der Waals surface area contributed by atoms with Gasteiger partial charge in [0.1, 0.15) is 11.4 Å². The zero-order valence-electron chi connectivity index (χ0n) is 16.5. The second-order valence-electron chi connectivity index (χ2n) is 7.52. The highest BCUT2D eigenvalue weighted by Gasteiger charge is 2.42. The average molecular weight is 424 g/mol. The van der Waals surface area contributed by atoms with Gasteiger partial charge in [0.15, 0.2) is 5.78 Å². The quantitative estimate of drug-likeness (QED) is 0.737. The zero-order valence-corrected chi connectivity index (χ0v) is 16.5. The maximum atomic E-state index is 13.0. The predicted octanol–water partition coefficient (Wildman–Crippen LogP) is 1.63. The molecule has 2 heterocycles. The van der Waals surface area contributed by atoms with Gasteiger partial charge in [0, 0.05) is 13.6 Å². The number of piperidine rings is 1. The molecule has 0 amide bonds. The molecule has 0 saturated carbocycles. The summed E-state index contributed by atoms with van der Waals surface area (Å²) in [6, 6.07) is 8.89. The van der Waals surface area contributed by atoms with E-state index in [-0.39, 0.29) is 37.4 Å². The van der Waals surface area contributed by atoms with Gasteiger partial charge >= 0.3 is 11.9 Å². The molecule has 1 aromatic carbocycles. The second-order valence-corrected chi connectivity index (χ2v) is 7.52. The summed E-state index contributed by atoms with van der Waals surface area (Å²) >= 11 is 0. The first-order valence-corrected chi connectivity index (χ1v) is 9.55. The number of nitrogen functional groups attached to an aromatic ring is 1. The first-order chi connectivity index (χ1) is 14.1. The number of likely N-dealkylation sites (tertiary alicyclic amines) is 1. The molecule has 0 radical (unpaired) electrons. The lowest BCUT2D eigenvalue weighted by atomic mass is 9.97. The Bertz CT molecular complexity index is 1040. The number of alkyl halides is 3. The van der Waals surface area contributed by atoms with Crippen molar-refractivity contribution in [1.29, 1.82) is 0 Å². The lowest BCUT2D eigenvalue weighted by molar-refractivity contribution is -0.186. The van der Waals surface area contributed by atoms with Crippen LogP contribution >= 0.6 is 0 Å². The van der Waals surface area contributed by atoms with Gasteiger partial charge in [0.25, 0.3) is 5.56 Å². The highest BCUT2D eigenvalue weighted by Crippen LogP contribution is 2.33. The van der Waals surface area contributed by atoms with Crippen LogP contribution in [0.2, 0.25) is 0 Å². The number of hydrogen-bond acceptors (Lipinski definition) is 5. The van der Waals surface area contributed by atoms with Crippen LogP contribution in [-0.2, 0) is 13.6 Å². The normalized spacial score (nSPS) is 17.8. The number of carbonyl (C=O) groups is 1. The second kappa shape index (κ2) is 8.47. The van der Waals surface area contributed by atoms with Crippen molar-refractivity contribution in [1.82, 2.24) is 14.0 Å². The minimum atomic E-state index is -4.33. The standard InChI is InChI=1S/C20H23F3N4O3/c1-25-18(29)16(15(28)12-26-9-5-8-14(11-26)20(21,22)23)17(24)27(19(25)30)10-13-6-3-2-4-7-13/h2-4,6-7,14H,5,8-12,24H2,1H3. The fraction of sp³-hybridized carbons (Fsp3) is 0.450. The van der Waals surface area contributed by atoms with E-state index in [0.717, 1.165) is 14.7 Å². The third-order valence-electron chi connectivity index (χ3n) is 5.38. The maximum Gasteiger partial charge on any atom is 0.393 e. The summed E-state index contributed by atoms with van der Waals surface area (Å²) in [4.78, 5) is 39.3. The monoisotopic (exact) mass is 424 g/mol.